The SMILES string of the molecule is Cl.Cl.NC(CCc1cnc2ccccc2c1)CC(=O)O. The Kier molecular flexibility index (Phi) is 8.15. The molecule has 0 aliphatic carbocycles. The third-order valence-electron chi connectivity index (χ3n) is 2.89. The van der Waals surface area contributed by atoms with E-state index in [2.05, 4.69) is 11.1 Å². The first-order valence-electron chi connectivity index (χ1n) is 5.96. The van der Waals surface area contributed by atoms with Gasteiger partial charge in [0.15, 0.2) is 0 Å². The van der Waals surface area contributed by atoms with Gasteiger partial charge in [-0.05, 0) is 30.5 Å². The first-order chi connectivity index (χ1) is 8.65. The lowest BCUT2D eigenvalue weighted by molar-refractivity contribution is -0.137. The van der Waals surface area contributed by atoms with E-state index in [0.717, 1.165) is 22.9 Å². The van der Waals surface area contributed by atoms with Crippen LogP contribution in [0.4, 0.5) is 0 Å². The van der Waals surface area contributed by atoms with E-state index in [9.17, 15) is 4.79 Å². The Labute approximate surface area is 130 Å². The lowest BCUT2D eigenvalue weighted by Crippen LogP contribution is -2.24. The Morgan fingerprint density at radius 3 is 2.70 bits per heavy atom. The van der Waals surface area contributed by atoms with E-state index < -0.39 is 5.97 Å². The number of fused-ring (bicyclic) bond motifs is 1. The topological polar surface area (TPSA) is 76.2 Å². The Bertz CT molecular complexity index is 564. The molecule has 2 rings (SSSR count). The Morgan fingerprint density at radius 1 is 1.30 bits per heavy atom. The predicted octanol–water partition coefficient (Wildman–Crippen LogP) is 2.81. The Balaban J connectivity index is 0.00000180. The molecule has 1 aromatic carbocycles. The van der Waals surface area contributed by atoms with Crippen LogP contribution in [0.1, 0.15) is 18.4 Å². The molecular weight excluding hydrogens is 299 g/mol. The monoisotopic (exact) mass is 316 g/mol. The van der Waals surface area contributed by atoms with E-state index in [1.807, 2.05) is 30.5 Å². The first kappa shape index (κ1) is 18.6. The number of carboxylic acids is 1. The zero-order chi connectivity index (χ0) is 13.0. The van der Waals surface area contributed by atoms with Crippen molar-refractivity contribution >= 4 is 41.7 Å². The van der Waals surface area contributed by atoms with Gasteiger partial charge in [0.1, 0.15) is 0 Å². The van der Waals surface area contributed by atoms with Gasteiger partial charge >= 0.3 is 5.97 Å². The van der Waals surface area contributed by atoms with Gasteiger partial charge in [-0.2, -0.15) is 0 Å². The number of nitrogens with two attached hydrogens (primary N) is 1. The van der Waals surface area contributed by atoms with E-state index in [0.29, 0.717) is 6.42 Å². The molecule has 0 spiro atoms. The highest BCUT2D eigenvalue weighted by Crippen LogP contribution is 2.14. The van der Waals surface area contributed by atoms with Crippen molar-refractivity contribution in [1.82, 2.24) is 4.98 Å². The van der Waals surface area contributed by atoms with Crippen LogP contribution in [-0.2, 0) is 11.2 Å². The summed E-state index contributed by atoms with van der Waals surface area (Å²) in [5.41, 5.74) is 7.79. The van der Waals surface area contributed by atoms with Crippen LogP contribution in [0.25, 0.3) is 10.9 Å². The maximum Gasteiger partial charge on any atom is 0.304 e. The molecule has 4 nitrogen and oxygen atoms in total. The van der Waals surface area contributed by atoms with Gasteiger partial charge in [-0.15, -0.1) is 24.8 Å². The molecule has 6 heteroatoms. The van der Waals surface area contributed by atoms with Crippen molar-refractivity contribution < 1.29 is 9.90 Å². The molecule has 0 aliphatic rings. The van der Waals surface area contributed by atoms with Crippen LogP contribution in [0.5, 0.6) is 0 Å². The van der Waals surface area contributed by atoms with Gasteiger partial charge in [-0.25, -0.2) is 0 Å². The minimum absolute atomic E-state index is 0. The van der Waals surface area contributed by atoms with Gasteiger partial charge in [-0.1, -0.05) is 18.2 Å². The quantitative estimate of drug-likeness (QED) is 0.889. The van der Waals surface area contributed by atoms with Crippen LogP contribution < -0.4 is 5.73 Å². The normalized spacial score (nSPS) is 11.2. The fourth-order valence-corrected chi connectivity index (χ4v) is 1.93. The van der Waals surface area contributed by atoms with Gasteiger partial charge in [-0.3, -0.25) is 9.78 Å². The number of hydrogen-bond donors (Lipinski definition) is 2. The van der Waals surface area contributed by atoms with Crippen molar-refractivity contribution in [3.63, 3.8) is 0 Å². The van der Waals surface area contributed by atoms with Crippen molar-refractivity contribution in [1.29, 1.82) is 0 Å². The molecule has 0 aliphatic heterocycles. The molecule has 0 fully saturated rings. The summed E-state index contributed by atoms with van der Waals surface area (Å²) in [5.74, 6) is -0.848. The fourth-order valence-electron chi connectivity index (χ4n) is 1.93. The molecule has 1 aromatic heterocycles. The van der Waals surface area contributed by atoms with Gasteiger partial charge in [0.05, 0.1) is 11.9 Å². The molecule has 0 amide bonds. The van der Waals surface area contributed by atoms with Crippen LogP contribution >= 0.6 is 24.8 Å². The predicted molar refractivity (Wildman–Crippen MR) is 84.8 cm³/mol. The van der Waals surface area contributed by atoms with E-state index in [4.69, 9.17) is 10.8 Å². The third kappa shape index (κ3) is 5.33. The van der Waals surface area contributed by atoms with Crippen molar-refractivity contribution in [3.05, 3.63) is 42.1 Å². The summed E-state index contributed by atoms with van der Waals surface area (Å²) in [4.78, 5) is 14.9. The van der Waals surface area contributed by atoms with Crippen LogP contribution in [0.3, 0.4) is 0 Å². The Hall–Kier alpha value is -1.36. The van der Waals surface area contributed by atoms with Crippen molar-refractivity contribution in [2.75, 3.05) is 0 Å². The first-order valence-corrected chi connectivity index (χ1v) is 5.96. The number of aryl methyl sites for hydroxylation is 1. The third-order valence-corrected chi connectivity index (χ3v) is 2.89. The van der Waals surface area contributed by atoms with E-state index >= 15 is 0 Å². The lowest BCUT2D eigenvalue weighted by Gasteiger charge is -2.08. The maximum absolute atomic E-state index is 10.5. The van der Waals surface area contributed by atoms with Gasteiger partial charge < -0.3 is 10.8 Å². The number of halogens is 2. The highest BCUT2D eigenvalue weighted by molar-refractivity contribution is 5.85. The Morgan fingerprint density at radius 2 is 2.00 bits per heavy atom. The summed E-state index contributed by atoms with van der Waals surface area (Å²) >= 11 is 0. The zero-order valence-electron chi connectivity index (χ0n) is 10.9. The highest BCUT2D eigenvalue weighted by atomic mass is 35.5. The number of rotatable bonds is 5. The second-order valence-corrected chi connectivity index (χ2v) is 4.43. The number of aliphatic carboxylic acids is 1. The van der Waals surface area contributed by atoms with Crippen molar-refractivity contribution in [2.45, 2.75) is 25.3 Å². The maximum atomic E-state index is 10.5. The number of para-hydroxylation sites is 1. The molecule has 3 N–H and O–H groups in total. The minimum atomic E-state index is -0.848. The molecule has 1 unspecified atom stereocenters. The molecule has 1 heterocycles. The molecule has 0 bridgehead atoms. The average molecular weight is 317 g/mol. The van der Waals surface area contributed by atoms with Crippen molar-refractivity contribution in [3.8, 4) is 0 Å². The molecule has 0 saturated heterocycles. The number of pyridine rings is 1. The summed E-state index contributed by atoms with van der Waals surface area (Å²) < 4.78 is 0. The second kappa shape index (κ2) is 8.74. The number of aromatic nitrogens is 1. The fraction of sp³-hybridized carbons (Fsp3) is 0.286. The summed E-state index contributed by atoms with van der Waals surface area (Å²) in [6.07, 6.45) is 3.26. The minimum Gasteiger partial charge on any atom is -0.481 e. The number of benzene rings is 1. The molecule has 110 valence electrons. The smallest absolute Gasteiger partial charge is 0.304 e. The number of carboxylic acid groups (broad SMARTS) is 1. The molecular formula is C14H18Cl2N2O2. The van der Waals surface area contributed by atoms with E-state index in [-0.39, 0.29) is 37.3 Å². The van der Waals surface area contributed by atoms with Crippen LogP contribution in [-0.4, -0.2) is 22.1 Å². The summed E-state index contributed by atoms with van der Waals surface area (Å²) in [6, 6.07) is 9.70. The summed E-state index contributed by atoms with van der Waals surface area (Å²) in [7, 11) is 0. The standard InChI is InChI=1S/C14H16N2O2.2ClH/c15-12(8-14(17)18)6-5-10-7-11-3-1-2-4-13(11)16-9-10;;/h1-4,7,9,12H,5-6,8,15H2,(H,17,18);2*1H. The number of nitrogens with zero attached hydrogens (tertiary/aromatic N) is 1. The van der Waals surface area contributed by atoms with E-state index in [1.165, 1.54) is 0 Å². The molecule has 0 radical (unpaired) electrons. The number of hydrogen-bond acceptors (Lipinski definition) is 3. The van der Waals surface area contributed by atoms with Gasteiger partial charge in [0, 0.05) is 17.6 Å². The summed E-state index contributed by atoms with van der Waals surface area (Å²) in [5, 5.41) is 9.73. The highest BCUT2D eigenvalue weighted by Gasteiger charge is 2.08. The molecule has 20 heavy (non-hydrogen) atoms. The lowest BCUT2D eigenvalue weighted by atomic mass is 10.0. The van der Waals surface area contributed by atoms with Gasteiger partial charge in [0.2, 0.25) is 0 Å². The number of carbonyl (C=O) groups is 1. The van der Waals surface area contributed by atoms with Crippen LogP contribution in [0, 0.1) is 0 Å². The second-order valence-electron chi connectivity index (χ2n) is 4.43. The van der Waals surface area contributed by atoms with Gasteiger partial charge in [0.25, 0.3) is 0 Å². The van der Waals surface area contributed by atoms with Crippen LogP contribution in [0.15, 0.2) is 36.5 Å². The molecule has 0 saturated carbocycles. The average Bonchev–Trinajstić information content (AvgIpc) is 2.35. The summed E-state index contributed by atoms with van der Waals surface area (Å²) in [6.45, 7) is 0. The van der Waals surface area contributed by atoms with Crippen LogP contribution in [0.2, 0.25) is 0 Å². The van der Waals surface area contributed by atoms with E-state index in [1.54, 1.807) is 0 Å². The molecule has 2 aromatic rings. The largest absolute Gasteiger partial charge is 0.481 e. The zero-order valence-corrected chi connectivity index (χ0v) is 12.5. The van der Waals surface area contributed by atoms with Crippen molar-refractivity contribution in [2.24, 2.45) is 5.73 Å². The molecule has 1 atom stereocenters.